The monoisotopic (exact) mass is 393 g/mol. The van der Waals surface area contributed by atoms with Crippen LogP contribution in [0.25, 0.3) is 0 Å². The number of carbonyl (C=O) groups is 1. The van der Waals surface area contributed by atoms with Gasteiger partial charge in [-0.2, -0.15) is 5.26 Å². The van der Waals surface area contributed by atoms with Crippen LogP contribution in [-0.2, 0) is 0 Å². The number of aryl methyl sites for hydroxylation is 1. The smallest absolute Gasteiger partial charge is 0.276 e. The number of aromatic nitrogens is 2. The van der Waals surface area contributed by atoms with Gasteiger partial charge in [-0.1, -0.05) is 17.7 Å². The Labute approximate surface area is 166 Å². The lowest BCUT2D eigenvalue weighted by molar-refractivity contribution is 0.102. The van der Waals surface area contributed by atoms with Crippen LogP contribution in [0.15, 0.2) is 48.5 Å². The second-order valence-electron chi connectivity index (χ2n) is 5.88. The molecule has 8 heteroatoms. The van der Waals surface area contributed by atoms with Gasteiger partial charge in [0, 0.05) is 16.8 Å². The van der Waals surface area contributed by atoms with Crippen molar-refractivity contribution in [3.05, 3.63) is 70.4 Å². The number of benzene rings is 2. The number of carbonyl (C=O) groups excluding carboxylic acids is 1. The molecule has 1 aromatic heterocycles. The molecule has 0 saturated carbocycles. The molecule has 140 valence electrons. The molecule has 2 aromatic carbocycles. The van der Waals surface area contributed by atoms with Crippen LogP contribution in [-0.4, -0.2) is 23.2 Å². The molecule has 0 atom stereocenters. The zero-order chi connectivity index (χ0) is 20.1. The average Bonchev–Trinajstić information content (AvgIpc) is 2.71. The molecule has 0 saturated heterocycles. The molecule has 0 aliphatic carbocycles. The molecular formula is C20H16ClN5O2. The molecule has 1 heterocycles. The van der Waals surface area contributed by atoms with Gasteiger partial charge in [0.05, 0.1) is 24.4 Å². The van der Waals surface area contributed by atoms with E-state index in [1.54, 1.807) is 49.6 Å². The van der Waals surface area contributed by atoms with Crippen molar-refractivity contribution in [2.75, 3.05) is 17.7 Å². The number of ether oxygens (including phenoxy) is 1. The van der Waals surface area contributed by atoms with Crippen molar-refractivity contribution in [2.24, 2.45) is 0 Å². The van der Waals surface area contributed by atoms with Gasteiger partial charge in [0.2, 0.25) is 0 Å². The fraction of sp³-hybridized carbons (Fsp3) is 0.100. The summed E-state index contributed by atoms with van der Waals surface area (Å²) in [4.78, 5) is 12.3. The van der Waals surface area contributed by atoms with Crippen molar-refractivity contribution in [2.45, 2.75) is 6.92 Å². The Balaban J connectivity index is 1.74. The number of nitrogens with zero attached hydrogens (tertiary/aromatic N) is 3. The van der Waals surface area contributed by atoms with Crippen molar-refractivity contribution >= 4 is 34.7 Å². The van der Waals surface area contributed by atoms with Gasteiger partial charge in [-0.15, -0.1) is 10.2 Å². The Hall–Kier alpha value is -3.63. The van der Waals surface area contributed by atoms with Gasteiger partial charge in [0.15, 0.2) is 11.5 Å². The first-order chi connectivity index (χ1) is 13.5. The molecule has 0 aliphatic heterocycles. The quantitative estimate of drug-likeness (QED) is 0.669. The minimum absolute atomic E-state index is 0.146. The molecule has 0 spiro atoms. The average molecular weight is 394 g/mol. The summed E-state index contributed by atoms with van der Waals surface area (Å²) in [6.45, 7) is 1.88. The molecule has 3 rings (SSSR count). The van der Waals surface area contributed by atoms with Crippen LogP contribution in [0.2, 0.25) is 5.02 Å². The fourth-order valence-electron chi connectivity index (χ4n) is 2.45. The topological polar surface area (TPSA) is 99.9 Å². The van der Waals surface area contributed by atoms with Crippen molar-refractivity contribution in [3.63, 3.8) is 0 Å². The van der Waals surface area contributed by atoms with E-state index < -0.39 is 5.91 Å². The number of nitrogens with one attached hydrogen (secondary N) is 2. The first-order valence-corrected chi connectivity index (χ1v) is 8.64. The summed E-state index contributed by atoms with van der Waals surface area (Å²) >= 11 is 6.11. The van der Waals surface area contributed by atoms with Crippen LogP contribution in [0.4, 0.5) is 17.2 Å². The highest BCUT2D eigenvalue weighted by Gasteiger charge is 2.11. The van der Waals surface area contributed by atoms with Gasteiger partial charge in [-0.25, -0.2) is 0 Å². The second kappa shape index (κ2) is 8.37. The maximum atomic E-state index is 12.3. The van der Waals surface area contributed by atoms with E-state index in [2.05, 4.69) is 20.8 Å². The SMILES string of the molecule is COc1cc(Cl)c(C)cc1Nc1ccc(C(=O)Nc2cccc(C#N)c2)nn1. The zero-order valence-electron chi connectivity index (χ0n) is 15.2. The summed E-state index contributed by atoms with van der Waals surface area (Å²) in [5.74, 6) is 0.591. The number of amides is 1. The molecule has 0 fully saturated rings. The normalized spacial score (nSPS) is 10.1. The molecule has 28 heavy (non-hydrogen) atoms. The van der Waals surface area contributed by atoms with E-state index in [0.29, 0.717) is 33.5 Å². The molecular weight excluding hydrogens is 378 g/mol. The summed E-state index contributed by atoms with van der Waals surface area (Å²) in [7, 11) is 1.55. The summed E-state index contributed by atoms with van der Waals surface area (Å²) in [6, 6.07) is 15.4. The van der Waals surface area contributed by atoms with Gasteiger partial charge >= 0.3 is 0 Å². The number of hydrogen-bond donors (Lipinski definition) is 2. The Morgan fingerprint density at radius 3 is 2.68 bits per heavy atom. The largest absolute Gasteiger partial charge is 0.495 e. The van der Waals surface area contributed by atoms with Crippen LogP contribution >= 0.6 is 11.6 Å². The van der Waals surface area contributed by atoms with Crippen LogP contribution < -0.4 is 15.4 Å². The Kier molecular flexibility index (Phi) is 5.72. The van der Waals surface area contributed by atoms with Crippen molar-refractivity contribution in [1.82, 2.24) is 10.2 Å². The van der Waals surface area contributed by atoms with E-state index in [4.69, 9.17) is 21.6 Å². The molecule has 0 aliphatic rings. The highest BCUT2D eigenvalue weighted by atomic mass is 35.5. The standard InChI is InChI=1S/C20H16ClN5O2/c1-12-8-17(18(28-2)10-15(12)21)24-19-7-6-16(25-26-19)20(27)23-14-5-3-4-13(9-14)11-22/h3-10H,1-2H3,(H,23,27)(H,24,26). The summed E-state index contributed by atoms with van der Waals surface area (Å²) in [5, 5.41) is 23.3. The van der Waals surface area contributed by atoms with E-state index in [-0.39, 0.29) is 5.69 Å². The number of halogens is 1. The van der Waals surface area contributed by atoms with Crippen molar-refractivity contribution < 1.29 is 9.53 Å². The van der Waals surface area contributed by atoms with Gasteiger partial charge in [-0.05, 0) is 48.9 Å². The highest BCUT2D eigenvalue weighted by molar-refractivity contribution is 6.31. The third-order valence-corrected chi connectivity index (χ3v) is 4.30. The maximum Gasteiger partial charge on any atom is 0.276 e. The van der Waals surface area contributed by atoms with Gasteiger partial charge in [-0.3, -0.25) is 4.79 Å². The van der Waals surface area contributed by atoms with Gasteiger partial charge in [0.1, 0.15) is 5.75 Å². The molecule has 3 aromatic rings. The lowest BCUT2D eigenvalue weighted by Gasteiger charge is -2.12. The highest BCUT2D eigenvalue weighted by Crippen LogP contribution is 2.32. The van der Waals surface area contributed by atoms with E-state index >= 15 is 0 Å². The zero-order valence-corrected chi connectivity index (χ0v) is 15.9. The number of nitriles is 1. The predicted octanol–water partition coefficient (Wildman–Crippen LogP) is 4.31. The molecule has 0 unspecified atom stereocenters. The second-order valence-corrected chi connectivity index (χ2v) is 6.28. The maximum absolute atomic E-state index is 12.3. The van der Waals surface area contributed by atoms with Crippen LogP contribution in [0.5, 0.6) is 5.75 Å². The molecule has 1 amide bonds. The lowest BCUT2D eigenvalue weighted by atomic mass is 10.2. The molecule has 0 radical (unpaired) electrons. The first kappa shape index (κ1) is 19.1. The predicted molar refractivity (Wildman–Crippen MR) is 107 cm³/mol. The lowest BCUT2D eigenvalue weighted by Crippen LogP contribution is -2.14. The third-order valence-electron chi connectivity index (χ3n) is 3.89. The summed E-state index contributed by atoms with van der Waals surface area (Å²) < 4.78 is 5.32. The van der Waals surface area contributed by atoms with Crippen LogP contribution in [0, 0.1) is 18.3 Å². The first-order valence-electron chi connectivity index (χ1n) is 8.26. The number of anilines is 3. The summed E-state index contributed by atoms with van der Waals surface area (Å²) in [6.07, 6.45) is 0. The van der Waals surface area contributed by atoms with Crippen LogP contribution in [0.1, 0.15) is 21.6 Å². The molecule has 2 N–H and O–H groups in total. The number of rotatable bonds is 5. The van der Waals surface area contributed by atoms with Crippen molar-refractivity contribution in [3.8, 4) is 11.8 Å². The van der Waals surface area contributed by atoms with E-state index in [0.717, 1.165) is 5.56 Å². The fourth-order valence-corrected chi connectivity index (χ4v) is 2.60. The van der Waals surface area contributed by atoms with E-state index in [1.165, 1.54) is 0 Å². The number of methoxy groups -OCH3 is 1. The molecule has 0 bridgehead atoms. The minimum atomic E-state index is -0.422. The van der Waals surface area contributed by atoms with Gasteiger partial charge < -0.3 is 15.4 Å². The van der Waals surface area contributed by atoms with Crippen LogP contribution in [0.3, 0.4) is 0 Å². The Bertz CT molecular complexity index is 1060. The third kappa shape index (κ3) is 4.37. The van der Waals surface area contributed by atoms with E-state index in [9.17, 15) is 4.79 Å². The van der Waals surface area contributed by atoms with Crippen molar-refractivity contribution in [1.29, 1.82) is 5.26 Å². The minimum Gasteiger partial charge on any atom is -0.495 e. The molecule has 7 nitrogen and oxygen atoms in total. The van der Waals surface area contributed by atoms with Gasteiger partial charge in [0.25, 0.3) is 5.91 Å². The van der Waals surface area contributed by atoms with E-state index in [1.807, 2.05) is 19.1 Å². The Morgan fingerprint density at radius 2 is 2.00 bits per heavy atom. The number of hydrogen-bond acceptors (Lipinski definition) is 6. The Morgan fingerprint density at radius 1 is 1.18 bits per heavy atom. The summed E-state index contributed by atoms with van der Waals surface area (Å²) in [5.41, 5.74) is 2.68.